The lowest BCUT2D eigenvalue weighted by atomic mass is 10.3. The Kier molecular flexibility index (Phi) is 1.98. The monoisotopic (exact) mass is 128 g/mol. The molecular weight excluding hydrogens is 116 g/mol. The second-order valence-electron chi connectivity index (χ2n) is 2.17. The average molecular weight is 128 g/mol. The summed E-state index contributed by atoms with van der Waals surface area (Å²) in [6.07, 6.45) is 3.16. The first-order valence-corrected chi connectivity index (χ1v) is 3.28. The first-order valence-electron chi connectivity index (χ1n) is 3.28. The minimum absolute atomic E-state index is 0.324. The highest BCUT2D eigenvalue weighted by molar-refractivity contribution is 4.83. The van der Waals surface area contributed by atoms with Crippen molar-refractivity contribution in [1.82, 2.24) is 0 Å². The molecule has 1 aliphatic rings. The SMILES string of the molecule is C/C=C1\OCCC(C)O1. The molecule has 0 spiro atoms. The molecule has 1 saturated heterocycles. The summed E-state index contributed by atoms with van der Waals surface area (Å²) >= 11 is 0. The molecular formula is C7H12O2. The largest absolute Gasteiger partial charge is 0.466 e. The van der Waals surface area contributed by atoms with Crippen LogP contribution in [0.3, 0.4) is 0 Å². The third kappa shape index (κ3) is 1.63. The highest BCUT2D eigenvalue weighted by Crippen LogP contribution is 2.13. The Morgan fingerprint density at radius 2 is 2.44 bits per heavy atom. The van der Waals surface area contributed by atoms with Crippen LogP contribution in [0, 0.1) is 0 Å². The van der Waals surface area contributed by atoms with Gasteiger partial charge in [-0.15, -0.1) is 0 Å². The number of ether oxygens (including phenoxy) is 2. The summed E-state index contributed by atoms with van der Waals surface area (Å²) in [7, 11) is 0. The van der Waals surface area contributed by atoms with Gasteiger partial charge >= 0.3 is 0 Å². The van der Waals surface area contributed by atoms with E-state index in [2.05, 4.69) is 0 Å². The first kappa shape index (κ1) is 6.46. The molecule has 9 heavy (non-hydrogen) atoms. The van der Waals surface area contributed by atoms with E-state index < -0.39 is 0 Å². The van der Waals surface area contributed by atoms with Gasteiger partial charge in [0.15, 0.2) is 0 Å². The summed E-state index contributed by atoms with van der Waals surface area (Å²) in [6, 6.07) is 0. The second kappa shape index (κ2) is 2.76. The first-order chi connectivity index (χ1) is 4.33. The van der Waals surface area contributed by atoms with Crippen molar-refractivity contribution in [3.63, 3.8) is 0 Å². The van der Waals surface area contributed by atoms with Gasteiger partial charge < -0.3 is 9.47 Å². The van der Waals surface area contributed by atoms with Crippen molar-refractivity contribution in [3.05, 3.63) is 12.0 Å². The fraction of sp³-hybridized carbons (Fsp3) is 0.714. The topological polar surface area (TPSA) is 18.5 Å². The molecule has 0 N–H and O–H groups in total. The predicted octanol–water partition coefficient (Wildman–Crippen LogP) is 1.67. The third-order valence-corrected chi connectivity index (χ3v) is 1.32. The van der Waals surface area contributed by atoms with Gasteiger partial charge in [-0.2, -0.15) is 0 Å². The molecule has 2 heteroatoms. The second-order valence-corrected chi connectivity index (χ2v) is 2.17. The maximum Gasteiger partial charge on any atom is 0.274 e. The molecule has 2 nitrogen and oxygen atoms in total. The Morgan fingerprint density at radius 3 is 2.89 bits per heavy atom. The fourth-order valence-corrected chi connectivity index (χ4v) is 0.768. The molecule has 0 aromatic heterocycles. The number of hydrogen-bond acceptors (Lipinski definition) is 2. The molecule has 1 rings (SSSR count). The quantitative estimate of drug-likeness (QED) is 0.494. The molecule has 0 bridgehead atoms. The van der Waals surface area contributed by atoms with Crippen molar-refractivity contribution in [3.8, 4) is 0 Å². The summed E-state index contributed by atoms with van der Waals surface area (Å²) in [5, 5.41) is 0. The molecule has 1 heterocycles. The van der Waals surface area contributed by atoms with Crippen molar-refractivity contribution in [2.75, 3.05) is 6.61 Å². The van der Waals surface area contributed by atoms with Crippen molar-refractivity contribution >= 4 is 0 Å². The Hall–Kier alpha value is -0.660. The van der Waals surface area contributed by atoms with E-state index in [1.807, 2.05) is 19.9 Å². The number of allylic oxidation sites excluding steroid dienone is 1. The van der Waals surface area contributed by atoms with Crippen LogP contribution in [-0.2, 0) is 9.47 Å². The Bertz CT molecular complexity index is 118. The molecule has 1 fully saturated rings. The molecule has 0 amide bonds. The third-order valence-electron chi connectivity index (χ3n) is 1.32. The van der Waals surface area contributed by atoms with Gasteiger partial charge in [0.25, 0.3) is 5.95 Å². The molecule has 1 aliphatic heterocycles. The lowest BCUT2D eigenvalue weighted by Crippen LogP contribution is -2.18. The van der Waals surface area contributed by atoms with Crippen LogP contribution in [-0.4, -0.2) is 12.7 Å². The van der Waals surface area contributed by atoms with Gasteiger partial charge in [0.2, 0.25) is 0 Å². The van der Waals surface area contributed by atoms with Gasteiger partial charge in [0.05, 0.1) is 6.61 Å². The molecule has 1 unspecified atom stereocenters. The van der Waals surface area contributed by atoms with E-state index >= 15 is 0 Å². The molecule has 52 valence electrons. The summed E-state index contributed by atoms with van der Waals surface area (Å²) in [4.78, 5) is 0. The lowest BCUT2D eigenvalue weighted by molar-refractivity contribution is -0.0560. The zero-order valence-corrected chi connectivity index (χ0v) is 5.89. The average Bonchev–Trinajstić information content (AvgIpc) is 1.88. The molecule has 0 saturated carbocycles. The Balaban J connectivity index is 2.41. The predicted molar refractivity (Wildman–Crippen MR) is 34.9 cm³/mol. The van der Waals surface area contributed by atoms with E-state index in [0.29, 0.717) is 12.0 Å². The van der Waals surface area contributed by atoms with E-state index in [9.17, 15) is 0 Å². The smallest absolute Gasteiger partial charge is 0.274 e. The van der Waals surface area contributed by atoms with Gasteiger partial charge in [0, 0.05) is 6.42 Å². The van der Waals surface area contributed by atoms with Crippen molar-refractivity contribution in [1.29, 1.82) is 0 Å². The highest BCUT2D eigenvalue weighted by Gasteiger charge is 2.12. The van der Waals surface area contributed by atoms with E-state index in [-0.39, 0.29) is 0 Å². The minimum atomic E-state index is 0.324. The van der Waals surface area contributed by atoms with Crippen LogP contribution >= 0.6 is 0 Å². The number of rotatable bonds is 0. The van der Waals surface area contributed by atoms with E-state index in [1.54, 1.807) is 0 Å². The van der Waals surface area contributed by atoms with Gasteiger partial charge in [0.1, 0.15) is 6.10 Å². The van der Waals surface area contributed by atoms with Gasteiger partial charge in [-0.05, 0) is 19.9 Å². The summed E-state index contributed by atoms with van der Waals surface area (Å²) in [5.74, 6) is 0.675. The molecule has 0 aromatic carbocycles. The zero-order chi connectivity index (χ0) is 6.69. The fourth-order valence-electron chi connectivity index (χ4n) is 0.768. The lowest BCUT2D eigenvalue weighted by Gasteiger charge is -2.22. The zero-order valence-electron chi connectivity index (χ0n) is 5.89. The van der Waals surface area contributed by atoms with E-state index in [1.165, 1.54) is 0 Å². The Labute approximate surface area is 55.5 Å². The van der Waals surface area contributed by atoms with Crippen LogP contribution in [0.1, 0.15) is 20.3 Å². The van der Waals surface area contributed by atoms with Gasteiger partial charge in [-0.3, -0.25) is 0 Å². The molecule has 0 aromatic rings. The maximum absolute atomic E-state index is 5.27. The van der Waals surface area contributed by atoms with Crippen LogP contribution in [0.5, 0.6) is 0 Å². The van der Waals surface area contributed by atoms with Gasteiger partial charge in [-0.25, -0.2) is 0 Å². The van der Waals surface area contributed by atoms with Crippen molar-refractivity contribution in [2.24, 2.45) is 0 Å². The minimum Gasteiger partial charge on any atom is -0.466 e. The van der Waals surface area contributed by atoms with Crippen LogP contribution in [0.2, 0.25) is 0 Å². The van der Waals surface area contributed by atoms with Crippen molar-refractivity contribution < 1.29 is 9.47 Å². The maximum atomic E-state index is 5.27. The van der Waals surface area contributed by atoms with E-state index in [0.717, 1.165) is 13.0 Å². The van der Waals surface area contributed by atoms with Crippen LogP contribution in [0.4, 0.5) is 0 Å². The highest BCUT2D eigenvalue weighted by atomic mass is 16.7. The number of hydrogen-bond donors (Lipinski definition) is 0. The molecule has 1 atom stereocenters. The van der Waals surface area contributed by atoms with Gasteiger partial charge in [-0.1, -0.05) is 0 Å². The van der Waals surface area contributed by atoms with E-state index in [4.69, 9.17) is 9.47 Å². The molecule has 0 aliphatic carbocycles. The molecule has 0 radical (unpaired) electrons. The standard InChI is InChI=1S/C7H12O2/c1-3-7-8-5-4-6(2)9-7/h3,6H,4-5H2,1-2H3/b7-3+. The summed E-state index contributed by atoms with van der Waals surface area (Å²) in [5.41, 5.74) is 0. The van der Waals surface area contributed by atoms with Crippen LogP contribution in [0.25, 0.3) is 0 Å². The van der Waals surface area contributed by atoms with Crippen molar-refractivity contribution in [2.45, 2.75) is 26.4 Å². The summed E-state index contributed by atoms with van der Waals surface area (Å²) < 4.78 is 10.4. The van der Waals surface area contributed by atoms with Crippen LogP contribution in [0.15, 0.2) is 12.0 Å². The Morgan fingerprint density at radius 1 is 1.67 bits per heavy atom. The summed E-state index contributed by atoms with van der Waals surface area (Å²) in [6.45, 7) is 4.75. The normalized spacial score (nSPS) is 31.3. The van der Waals surface area contributed by atoms with Crippen LogP contribution < -0.4 is 0 Å².